The molecule has 1 aliphatic carbocycles. The lowest BCUT2D eigenvalue weighted by molar-refractivity contribution is 0.264. The van der Waals surface area contributed by atoms with Gasteiger partial charge in [0.05, 0.1) is 0 Å². The molecule has 1 unspecified atom stereocenters. The van der Waals surface area contributed by atoms with Crippen LogP contribution in [0.3, 0.4) is 0 Å². The molecular formula is C17H29IN4S. The Morgan fingerprint density at radius 3 is 2.52 bits per heavy atom. The standard InChI is InChI=1S/C17H28N4S.HI/c1-18-17(20-13-16(21(2)3)14-9-10-14)19-11-12-22-15-7-5-4-6-8-15;/h4-8,14,16H,9-13H2,1-3H3,(H2,18,19,20);1H. The van der Waals surface area contributed by atoms with Crippen LogP contribution in [0, 0.1) is 5.92 Å². The monoisotopic (exact) mass is 448 g/mol. The van der Waals surface area contributed by atoms with Gasteiger partial charge in [0.1, 0.15) is 0 Å². The number of hydrogen-bond donors (Lipinski definition) is 2. The van der Waals surface area contributed by atoms with E-state index in [-0.39, 0.29) is 24.0 Å². The molecule has 1 aromatic carbocycles. The molecule has 4 nitrogen and oxygen atoms in total. The molecular weight excluding hydrogens is 419 g/mol. The summed E-state index contributed by atoms with van der Waals surface area (Å²) >= 11 is 1.86. The fourth-order valence-corrected chi connectivity index (χ4v) is 3.32. The zero-order chi connectivity index (χ0) is 15.8. The van der Waals surface area contributed by atoms with Gasteiger partial charge in [-0.05, 0) is 45.0 Å². The molecule has 0 heterocycles. The average molecular weight is 448 g/mol. The van der Waals surface area contributed by atoms with Gasteiger partial charge in [-0.25, -0.2) is 0 Å². The molecule has 0 aromatic heterocycles. The molecule has 0 bridgehead atoms. The second-order valence-corrected chi connectivity index (χ2v) is 7.08. The summed E-state index contributed by atoms with van der Waals surface area (Å²) in [5.74, 6) is 2.79. The van der Waals surface area contributed by atoms with Crippen LogP contribution in [0.25, 0.3) is 0 Å². The van der Waals surface area contributed by atoms with Crippen LogP contribution >= 0.6 is 35.7 Å². The molecule has 1 aliphatic rings. The number of thioether (sulfide) groups is 1. The SMILES string of the molecule is CN=C(NCCSc1ccccc1)NCC(C1CC1)N(C)C.I. The molecule has 0 spiro atoms. The molecule has 0 radical (unpaired) electrons. The smallest absolute Gasteiger partial charge is 0.191 e. The summed E-state index contributed by atoms with van der Waals surface area (Å²) in [6, 6.07) is 11.1. The van der Waals surface area contributed by atoms with Gasteiger partial charge in [-0.2, -0.15) is 0 Å². The molecule has 130 valence electrons. The second kappa shape index (κ2) is 11.1. The number of nitrogens with zero attached hydrogens (tertiary/aromatic N) is 2. The van der Waals surface area contributed by atoms with Crippen LogP contribution in [0.4, 0.5) is 0 Å². The lowest BCUT2D eigenvalue weighted by Gasteiger charge is -2.25. The van der Waals surface area contributed by atoms with Crippen molar-refractivity contribution in [2.75, 3.05) is 40.0 Å². The molecule has 1 aromatic rings. The van der Waals surface area contributed by atoms with E-state index in [1.54, 1.807) is 0 Å². The molecule has 1 fully saturated rings. The number of nitrogens with one attached hydrogen (secondary N) is 2. The Hall–Kier alpha value is -0.470. The number of likely N-dealkylation sites (N-methyl/N-ethyl adjacent to an activating group) is 1. The minimum Gasteiger partial charge on any atom is -0.356 e. The van der Waals surface area contributed by atoms with E-state index in [9.17, 15) is 0 Å². The Morgan fingerprint density at radius 1 is 1.26 bits per heavy atom. The fraction of sp³-hybridized carbons (Fsp3) is 0.588. The zero-order valence-electron chi connectivity index (χ0n) is 14.3. The first-order valence-corrected chi connectivity index (χ1v) is 8.98. The highest BCUT2D eigenvalue weighted by atomic mass is 127. The molecule has 1 saturated carbocycles. The minimum absolute atomic E-state index is 0. The number of guanidine groups is 1. The molecule has 1 atom stereocenters. The second-order valence-electron chi connectivity index (χ2n) is 5.91. The maximum Gasteiger partial charge on any atom is 0.191 e. The van der Waals surface area contributed by atoms with E-state index >= 15 is 0 Å². The number of rotatable bonds is 8. The third-order valence-corrected chi connectivity index (χ3v) is 4.95. The molecule has 0 aliphatic heterocycles. The van der Waals surface area contributed by atoms with Gasteiger partial charge < -0.3 is 15.5 Å². The van der Waals surface area contributed by atoms with Gasteiger partial charge in [0.15, 0.2) is 5.96 Å². The van der Waals surface area contributed by atoms with Crippen molar-refractivity contribution >= 4 is 41.7 Å². The van der Waals surface area contributed by atoms with Crippen molar-refractivity contribution in [1.29, 1.82) is 0 Å². The lowest BCUT2D eigenvalue weighted by atomic mass is 10.1. The van der Waals surface area contributed by atoms with Crippen LogP contribution in [0.15, 0.2) is 40.2 Å². The number of halogens is 1. The van der Waals surface area contributed by atoms with Crippen molar-refractivity contribution in [3.05, 3.63) is 30.3 Å². The van der Waals surface area contributed by atoms with Crippen LogP contribution in [0.5, 0.6) is 0 Å². The highest BCUT2D eigenvalue weighted by molar-refractivity contribution is 14.0. The highest BCUT2D eigenvalue weighted by Crippen LogP contribution is 2.34. The van der Waals surface area contributed by atoms with Gasteiger partial charge in [0.25, 0.3) is 0 Å². The Balaban J connectivity index is 0.00000264. The van der Waals surface area contributed by atoms with Crippen LogP contribution < -0.4 is 10.6 Å². The van der Waals surface area contributed by atoms with Gasteiger partial charge in [-0.1, -0.05) is 18.2 Å². The van der Waals surface area contributed by atoms with Gasteiger partial charge in [-0.3, -0.25) is 4.99 Å². The first-order valence-electron chi connectivity index (χ1n) is 7.99. The van der Waals surface area contributed by atoms with Gasteiger partial charge in [-0.15, -0.1) is 35.7 Å². The number of benzene rings is 1. The van der Waals surface area contributed by atoms with E-state index in [2.05, 4.69) is 65.0 Å². The number of aliphatic imine (C=N–C) groups is 1. The minimum atomic E-state index is 0. The van der Waals surface area contributed by atoms with E-state index in [1.165, 1.54) is 17.7 Å². The Morgan fingerprint density at radius 2 is 1.96 bits per heavy atom. The molecule has 2 N–H and O–H groups in total. The van der Waals surface area contributed by atoms with Crippen LogP contribution in [-0.2, 0) is 0 Å². The van der Waals surface area contributed by atoms with E-state index in [1.807, 2.05) is 18.8 Å². The summed E-state index contributed by atoms with van der Waals surface area (Å²) < 4.78 is 0. The van der Waals surface area contributed by atoms with Gasteiger partial charge >= 0.3 is 0 Å². The highest BCUT2D eigenvalue weighted by Gasteiger charge is 2.32. The summed E-state index contributed by atoms with van der Waals surface area (Å²) in [7, 11) is 6.16. The Labute approximate surface area is 161 Å². The average Bonchev–Trinajstić information content (AvgIpc) is 3.35. The quantitative estimate of drug-likeness (QED) is 0.211. The van der Waals surface area contributed by atoms with Crippen molar-refractivity contribution in [3.8, 4) is 0 Å². The van der Waals surface area contributed by atoms with Crippen molar-refractivity contribution in [1.82, 2.24) is 15.5 Å². The maximum absolute atomic E-state index is 4.31. The number of hydrogen-bond acceptors (Lipinski definition) is 3. The molecule has 23 heavy (non-hydrogen) atoms. The lowest BCUT2D eigenvalue weighted by Crippen LogP contribution is -2.46. The van der Waals surface area contributed by atoms with Crippen LogP contribution in [0.1, 0.15) is 12.8 Å². The van der Waals surface area contributed by atoms with Crippen molar-refractivity contribution in [3.63, 3.8) is 0 Å². The predicted molar refractivity (Wildman–Crippen MR) is 112 cm³/mol. The molecule has 2 rings (SSSR count). The summed E-state index contributed by atoms with van der Waals surface area (Å²) in [5, 5.41) is 6.85. The third-order valence-electron chi connectivity index (χ3n) is 3.94. The Bertz CT molecular complexity index is 461. The van der Waals surface area contributed by atoms with E-state index in [4.69, 9.17) is 0 Å². The van der Waals surface area contributed by atoms with E-state index in [0.29, 0.717) is 6.04 Å². The molecule has 6 heteroatoms. The van der Waals surface area contributed by atoms with Gasteiger partial charge in [0.2, 0.25) is 0 Å². The first-order chi connectivity index (χ1) is 10.7. The first kappa shape index (κ1) is 20.6. The normalized spacial score (nSPS) is 15.9. The van der Waals surface area contributed by atoms with Crippen molar-refractivity contribution in [2.45, 2.75) is 23.8 Å². The summed E-state index contributed by atoms with van der Waals surface area (Å²) in [5.41, 5.74) is 0. The van der Waals surface area contributed by atoms with Crippen molar-refractivity contribution in [2.24, 2.45) is 10.9 Å². The summed E-state index contributed by atoms with van der Waals surface area (Å²) in [6.45, 7) is 1.87. The van der Waals surface area contributed by atoms with E-state index in [0.717, 1.165) is 30.7 Å². The molecule has 0 saturated heterocycles. The maximum atomic E-state index is 4.31. The molecule has 0 amide bonds. The zero-order valence-corrected chi connectivity index (χ0v) is 17.4. The van der Waals surface area contributed by atoms with Gasteiger partial charge in [0, 0.05) is 36.8 Å². The largest absolute Gasteiger partial charge is 0.356 e. The Kier molecular flexibility index (Phi) is 9.97. The topological polar surface area (TPSA) is 39.7 Å². The fourth-order valence-electron chi connectivity index (χ4n) is 2.53. The third kappa shape index (κ3) is 7.76. The van der Waals surface area contributed by atoms with Crippen LogP contribution in [0.2, 0.25) is 0 Å². The summed E-state index contributed by atoms with van der Waals surface area (Å²) in [6.07, 6.45) is 2.73. The van der Waals surface area contributed by atoms with Crippen molar-refractivity contribution < 1.29 is 0 Å². The van der Waals surface area contributed by atoms with E-state index < -0.39 is 0 Å². The predicted octanol–water partition coefficient (Wildman–Crippen LogP) is 2.90. The summed E-state index contributed by atoms with van der Waals surface area (Å²) in [4.78, 5) is 7.95. The van der Waals surface area contributed by atoms with Crippen LogP contribution in [-0.4, -0.2) is 56.9 Å².